The van der Waals surface area contributed by atoms with Crippen LogP contribution in [-0.2, 0) is 20.9 Å². The van der Waals surface area contributed by atoms with Crippen molar-refractivity contribution in [2.75, 3.05) is 48.3 Å². The summed E-state index contributed by atoms with van der Waals surface area (Å²) in [6.45, 7) is 11.4. The number of likely N-dealkylation sites (tertiary alicyclic amines) is 2. The molecule has 0 spiro atoms. The molecular weight excluding hydrogens is 905 g/mol. The molecule has 2 aromatic carbocycles. The molecule has 18 heteroatoms. The van der Waals surface area contributed by atoms with Gasteiger partial charge in [0, 0.05) is 93.6 Å². The number of para-hydroxylation sites is 1. The first-order valence-corrected chi connectivity index (χ1v) is 25.6. The van der Waals surface area contributed by atoms with Crippen molar-refractivity contribution in [1.82, 2.24) is 45.6 Å². The van der Waals surface area contributed by atoms with E-state index >= 15 is 0 Å². The minimum atomic E-state index is -0.861. The van der Waals surface area contributed by atoms with Crippen molar-refractivity contribution in [3.63, 3.8) is 0 Å². The molecule has 1 saturated carbocycles. The van der Waals surface area contributed by atoms with E-state index in [1.165, 1.54) is 4.90 Å². The van der Waals surface area contributed by atoms with Gasteiger partial charge in [-0.2, -0.15) is 0 Å². The van der Waals surface area contributed by atoms with E-state index in [9.17, 15) is 24.6 Å². The number of benzene rings is 2. The zero-order valence-corrected chi connectivity index (χ0v) is 41.2. The number of carbonyl (C=O) groups is 3. The van der Waals surface area contributed by atoms with Crippen molar-refractivity contribution in [3.8, 4) is 27.4 Å². The monoisotopic (exact) mass is 968 g/mol. The second-order valence-electron chi connectivity index (χ2n) is 21.1. The van der Waals surface area contributed by atoms with Crippen LogP contribution in [0.1, 0.15) is 88.5 Å². The summed E-state index contributed by atoms with van der Waals surface area (Å²) in [6, 6.07) is 16.1. The fourth-order valence-corrected chi connectivity index (χ4v) is 12.1. The fourth-order valence-electron chi connectivity index (χ4n) is 11.3. The van der Waals surface area contributed by atoms with Crippen molar-refractivity contribution < 1.29 is 24.6 Å². The number of aromatic nitrogens is 5. The number of amides is 3. The molecule has 5 aromatic rings. The van der Waals surface area contributed by atoms with Crippen molar-refractivity contribution >= 4 is 46.5 Å². The van der Waals surface area contributed by atoms with Gasteiger partial charge in [-0.25, -0.2) is 15.0 Å². The van der Waals surface area contributed by atoms with E-state index in [4.69, 9.17) is 15.7 Å². The van der Waals surface area contributed by atoms with Crippen LogP contribution in [0.25, 0.3) is 21.7 Å². The van der Waals surface area contributed by atoms with E-state index < -0.39 is 23.6 Å². The molecule has 17 nitrogen and oxygen atoms in total. The van der Waals surface area contributed by atoms with Crippen LogP contribution in [0.3, 0.4) is 0 Å². The quantitative estimate of drug-likeness (QED) is 0.108. The summed E-state index contributed by atoms with van der Waals surface area (Å²) in [5, 5.41) is 35.8. The number of aliphatic hydroxyl groups excluding tert-OH is 1. The highest BCUT2D eigenvalue weighted by Crippen LogP contribution is 2.40. The highest BCUT2D eigenvalue weighted by Gasteiger charge is 2.46. The Hall–Kier alpha value is -6.24. The molecule has 70 heavy (non-hydrogen) atoms. The van der Waals surface area contributed by atoms with Crippen LogP contribution < -0.4 is 26.2 Å². The third-order valence-corrected chi connectivity index (χ3v) is 16.3. The highest BCUT2D eigenvalue weighted by atomic mass is 32.1. The summed E-state index contributed by atoms with van der Waals surface area (Å²) in [6.07, 6.45) is 8.62. The number of nitrogens with one attached hydrogen (secondary N) is 2. The van der Waals surface area contributed by atoms with E-state index in [0.29, 0.717) is 29.0 Å². The Labute approximate surface area is 412 Å². The number of phenolic OH excluding ortho intramolecular Hbond substituents is 1. The minimum absolute atomic E-state index is 0.0336. The first kappa shape index (κ1) is 47.4. The number of anilines is 3. The third kappa shape index (κ3) is 9.64. The lowest BCUT2D eigenvalue weighted by molar-refractivity contribution is -0.144. The van der Waals surface area contributed by atoms with Crippen LogP contribution in [0.2, 0.25) is 0 Å². The maximum Gasteiger partial charge on any atom is 0.246 e. The topological polar surface area (TPSA) is 219 Å². The lowest BCUT2D eigenvalue weighted by Crippen LogP contribution is -2.58. The van der Waals surface area contributed by atoms with Crippen LogP contribution >= 0.6 is 11.3 Å². The molecular formula is C52H64N12O5S. The van der Waals surface area contributed by atoms with E-state index in [1.54, 1.807) is 23.5 Å². The number of nitrogens with two attached hydrogens (primary N) is 1. The molecule has 7 heterocycles. The second kappa shape index (κ2) is 19.5. The number of piperazine rings is 1. The first-order chi connectivity index (χ1) is 33.7. The van der Waals surface area contributed by atoms with Crippen molar-refractivity contribution in [2.45, 2.75) is 121 Å². The summed E-state index contributed by atoms with van der Waals surface area (Å²) in [5.74, 6) is 0.617. The summed E-state index contributed by atoms with van der Waals surface area (Å²) in [4.78, 5) is 65.7. The molecule has 3 amide bonds. The number of fused-ring (bicyclic) bond motifs is 2. The lowest BCUT2D eigenvalue weighted by atomic mass is 9.80. The Morgan fingerprint density at radius 1 is 0.857 bits per heavy atom. The average molecular weight is 969 g/mol. The van der Waals surface area contributed by atoms with Gasteiger partial charge in [0.1, 0.15) is 17.8 Å². The smallest absolute Gasteiger partial charge is 0.246 e. The number of hydrogen-bond acceptors (Lipinski definition) is 15. The number of phenols is 1. The second-order valence-corrected chi connectivity index (χ2v) is 21.9. The predicted octanol–water partition coefficient (Wildman–Crippen LogP) is 5.28. The van der Waals surface area contributed by atoms with Crippen molar-refractivity contribution in [2.24, 2.45) is 11.3 Å². The van der Waals surface area contributed by atoms with Crippen molar-refractivity contribution in [3.05, 3.63) is 89.3 Å². The molecule has 0 radical (unpaired) electrons. The Kier molecular flexibility index (Phi) is 13.2. The maximum atomic E-state index is 14.3. The van der Waals surface area contributed by atoms with Gasteiger partial charge in [0.25, 0.3) is 0 Å². The maximum absolute atomic E-state index is 14.3. The number of carbonyl (C=O) groups excluding carboxylic acids is 3. The molecule has 3 aromatic heterocycles. The summed E-state index contributed by atoms with van der Waals surface area (Å²) < 4.78 is 0. The Bertz CT molecular complexity index is 2680. The molecule has 5 atom stereocenters. The molecule has 2 bridgehead atoms. The van der Waals surface area contributed by atoms with Gasteiger partial charge in [0.05, 0.1) is 33.6 Å². The predicted molar refractivity (Wildman–Crippen MR) is 269 cm³/mol. The van der Waals surface area contributed by atoms with Gasteiger partial charge >= 0.3 is 0 Å². The summed E-state index contributed by atoms with van der Waals surface area (Å²) in [5.41, 5.74) is 13.7. The van der Waals surface area contributed by atoms with E-state index in [-0.39, 0.29) is 61.0 Å². The van der Waals surface area contributed by atoms with Gasteiger partial charge in [0.2, 0.25) is 23.7 Å². The summed E-state index contributed by atoms with van der Waals surface area (Å²) in [7, 11) is 0. The van der Waals surface area contributed by atoms with E-state index in [2.05, 4.69) is 40.5 Å². The molecule has 4 saturated heterocycles. The number of aryl methyl sites for hydroxylation is 1. The number of hydrogen-bond donors (Lipinski definition) is 5. The number of thiazole rings is 1. The molecule has 4 aliphatic heterocycles. The zero-order chi connectivity index (χ0) is 48.8. The number of β-amino-alcohol motifs (C(OH)–C–C–N with tert-alkyl or cyclic N) is 1. The van der Waals surface area contributed by atoms with Gasteiger partial charge in [-0.3, -0.25) is 19.3 Å². The SMILES string of the molecule is Cc1ncsc1-c1ccc(CNC(=O)[C@@H]2C[C@@H](O)CN2C(=O)[C@@H](NC(=O)[C@H]2CC[C@@H](N3CC(c4cnc(N5C6CCC5CN(c5cc(-c7ccccc7O)nnc5N)C6)nc4)C3)CC2)C(C)(C)C)cc1. The van der Waals surface area contributed by atoms with E-state index in [1.807, 2.05) is 88.1 Å². The Morgan fingerprint density at radius 2 is 1.54 bits per heavy atom. The fraction of sp³-hybridized carbons (Fsp3) is 0.500. The van der Waals surface area contributed by atoms with Crippen LogP contribution in [0.4, 0.5) is 17.5 Å². The Balaban J connectivity index is 0.690. The molecule has 5 aliphatic rings. The molecule has 2 unspecified atom stereocenters. The zero-order valence-electron chi connectivity index (χ0n) is 40.4. The van der Waals surface area contributed by atoms with Gasteiger partial charge in [0.15, 0.2) is 5.82 Å². The number of nitrogen functional groups attached to an aromatic ring is 1. The standard InChI is InChI=1S/C52H64N12O5S/c1-30-45(70-29-57-30)32-11-9-31(10-12-32)21-54-49(68)43-19-39(65)28-63(43)50(69)46(52(2,3)4)58-48(67)33-13-15-36(16-14-33)61-24-35(25-61)34-22-55-51(56-23-34)64-37-17-18-38(64)27-62(26-37)42-20-41(59-60-47(42)53)40-7-5-6-8-44(40)66/h5-12,20,22-23,29,33,35-39,43,46,65-66H,13-19,21,24-28H2,1-4H3,(H2,53,60)(H,54,68)(H,58,67)/t33-,36+,37?,38?,39-,43+,46-/m1/s1. The molecule has 6 N–H and O–H groups in total. The number of rotatable bonds is 12. The van der Waals surface area contributed by atoms with Crippen LogP contribution in [0.5, 0.6) is 5.75 Å². The van der Waals surface area contributed by atoms with E-state index in [0.717, 1.165) is 104 Å². The average Bonchev–Trinajstić information content (AvgIpc) is 4.03. The normalized spacial score (nSPS) is 24.3. The molecule has 5 fully saturated rings. The highest BCUT2D eigenvalue weighted by molar-refractivity contribution is 7.13. The minimum Gasteiger partial charge on any atom is -0.507 e. The van der Waals surface area contributed by atoms with Crippen LogP contribution in [0.15, 0.2) is 72.5 Å². The van der Waals surface area contributed by atoms with Gasteiger partial charge < -0.3 is 41.3 Å². The summed E-state index contributed by atoms with van der Waals surface area (Å²) >= 11 is 1.59. The molecule has 368 valence electrons. The van der Waals surface area contributed by atoms with Gasteiger partial charge in [-0.15, -0.1) is 21.5 Å². The lowest BCUT2D eigenvalue weighted by Gasteiger charge is -2.47. The Morgan fingerprint density at radius 3 is 2.20 bits per heavy atom. The first-order valence-electron chi connectivity index (χ1n) is 24.7. The van der Waals surface area contributed by atoms with Crippen LogP contribution in [0, 0.1) is 18.3 Å². The number of nitrogens with zero attached hydrogens (tertiary/aromatic N) is 9. The van der Waals surface area contributed by atoms with Gasteiger partial charge in [-0.05, 0) is 85.8 Å². The third-order valence-electron chi connectivity index (χ3n) is 15.4. The largest absolute Gasteiger partial charge is 0.507 e. The van der Waals surface area contributed by atoms with Crippen molar-refractivity contribution in [1.29, 1.82) is 0 Å². The number of aromatic hydroxyl groups is 1. The molecule has 1 aliphatic carbocycles. The number of aliphatic hydroxyl groups is 1. The van der Waals surface area contributed by atoms with Gasteiger partial charge in [-0.1, -0.05) is 57.2 Å². The van der Waals surface area contributed by atoms with Crippen LogP contribution in [-0.4, -0.2) is 132 Å². The molecule has 10 rings (SSSR count).